The summed E-state index contributed by atoms with van der Waals surface area (Å²) in [7, 11) is 0. The molecule has 3 nitrogen and oxygen atoms in total. The Bertz CT molecular complexity index is 777. The number of hydrogen-bond donors (Lipinski definition) is 1. The van der Waals surface area contributed by atoms with Gasteiger partial charge in [-0.25, -0.2) is 9.97 Å². The van der Waals surface area contributed by atoms with Gasteiger partial charge in [-0.1, -0.05) is 54.6 Å². The molecule has 22 heavy (non-hydrogen) atoms. The minimum atomic E-state index is 0.582. The van der Waals surface area contributed by atoms with Crippen LogP contribution in [0.15, 0.2) is 73.6 Å². The van der Waals surface area contributed by atoms with Gasteiger partial charge in [0.25, 0.3) is 0 Å². The van der Waals surface area contributed by atoms with E-state index in [1.807, 2.05) is 73.9 Å². The average Bonchev–Trinajstić information content (AvgIpc) is 2.56. The monoisotopic (exact) mass is 287 g/mol. The molecule has 108 valence electrons. The maximum Gasteiger partial charge on any atom is 0.227 e. The normalized spacial score (nSPS) is 10.2. The van der Waals surface area contributed by atoms with Gasteiger partial charge in [-0.2, -0.15) is 0 Å². The van der Waals surface area contributed by atoms with Crippen LogP contribution in [0.3, 0.4) is 0 Å². The Morgan fingerprint density at radius 3 is 2.32 bits per heavy atom. The second-order valence-electron chi connectivity index (χ2n) is 5.15. The zero-order chi connectivity index (χ0) is 15.4. The molecule has 0 saturated heterocycles. The smallest absolute Gasteiger partial charge is 0.227 e. The van der Waals surface area contributed by atoms with Crippen LogP contribution in [-0.2, 0) is 0 Å². The largest absolute Gasteiger partial charge is 0.324 e. The maximum absolute atomic E-state index is 4.38. The van der Waals surface area contributed by atoms with Crippen molar-refractivity contribution >= 4 is 17.2 Å². The van der Waals surface area contributed by atoms with E-state index in [-0.39, 0.29) is 0 Å². The molecule has 2 aromatic carbocycles. The summed E-state index contributed by atoms with van der Waals surface area (Å²) < 4.78 is 0. The molecule has 0 aliphatic rings. The Labute approximate surface area is 130 Å². The first-order valence-corrected chi connectivity index (χ1v) is 7.13. The number of nitrogens with one attached hydrogen (secondary N) is 1. The van der Waals surface area contributed by atoms with E-state index < -0.39 is 0 Å². The second-order valence-corrected chi connectivity index (χ2v) is 5.15. The van der Waals surface area contributed by atoms with E-state index in [1.165, 1.54) is 0 Å². The summed E-state index contributed by atoms with van der Waals surface area (Å²) in [5, 5.41) is 3.21. The van der Waals surface area contributed by atoms with Gasteiger partial charge in [-0.05, 0) is 30.2 Å². The quantitative estimate of drug-likeness (QED) is 0.740. The Morgan fingerprint density at radius 2 is 1.64 bits per heavy atom. The number of benzene rings is 2. The molecule has 0 radical (unpaired) electrons. The lowest BCUT2D eigenvalue weighted by atomic mass is 10.1. The van der Waals surface area contributed by atoms with Gasteiger partial charge in [0.15, 0.2) is 0 Å². The van der Waals surface area contributed by atoms with Gasteiger partial charge in [0.05, 0.1) is 0 Å². The van der Waals surface area contributed by atoms with E-state index in [4.69, 9.17) is 0 Å². The highest BCUT2D eigenvalue weighted by atomic mass is 15.1. The molecule has 0 aliphatic heterocycles. The molecule has 0 atom stereocenters. The van der Waals surface area contributed by atoms with Crippen LogP contribution in [0.4, 0.5) is 11.6 Å². The third-order valence-electron chi connectivity index (χ3n) is 3.37. The summed E-state index contributed by atoms with van der Waals surface area (Å²) >= 11 is 0. The highest BCUT2D eigenvalue weighted by molar-refractivity contribution is 5.67. The van der Waals surface area contributed by atoms with Gasteiger partial charge in [-0.15, -0.1) is 0 Å². The summed E-state index contributed by atoms with van der Waals surface area (Å²) in [6.07, 6.45) is 3.65. The molecule has 0 amide bonds. The standard InChI is InChI=1S/C19H17N3/c1-14(2)16-9-6-10-18(11-16)22-19-20-12-17(13-21-19)15-7-4-3-5-8-15/h3-13H,1H2,2H3,(H,20,21,22). The van der Waals surface area contributed by atoms with Gasteiger partial charge < -0.3 is 5.32 Å². The number of aromatic nitrogens is 2. The first-order chi connectivity index (χ1) is 10.7. The van der Waals surface area contributed by atoms with Crippen LogP contribution in [0, 0.1) is 0 Å². The summed E-state index contributed by atoms with van der Waals surface area (Å²) in [4.78, 5) is 8.76. The number of hydrogen-bond acceptors (Lipinski definition) is 3. The Balaban J connectivity index is 1.79. The van der Waals surface area contributed by atoms with Crippen molar-refractivity contribution in [2.24, 2.45) is 0 Å². The van der Waals surface area contributed by atoms with E-state index in [9.17, 15) is 0 Å². The van der Waals surface area contributed by atoms with Crippen LogP contribution in [-0.4, -0.2) is 9.97 Å². The minimum Gasteiger partial charge on any atom is -0.324 e. The number of rotatable bonds is 4. The van der Waals surface area contributed by atoms with Crippen LogP contribution < -0.4 is 5.32 Å². The Morgan fingerprint density at radius 1 is 0.909 bits per heavy atom. The lowest BCUT2D eigenvalue weighted by Gasteiger charge is -2.07. The minimum absolute atomic E-state index is 0.582. The first-order valence-electron chi connectivity index (χ1n) is 7.13. The summed E-state index contributed by atoms with van der Waals surface area (Å²) in [5.74, 6) is 0.582. The number of nitrogens with zero attached hydrogens (tertiary/aromatic N) is 2. The fourth-order valence-corrected chi connectivity index (χ4v) is 2.16. The van der Waals surface area contributed by atoms with E-state index in [0.29, 0.717) is 5.95 Å². The fourth-order valence-electron chi connectivity index (χ4n) is 2.16. The molecule has 3 aromatic rings. The molecule has 1 heterocycles. The van der Waals surface area contributed by atoms with Gasteiger partial charge in [-0.3, -0.25) is 0 Å². The van der Waals surface area contributed by atoms with Crippen molar-refractivity contribution in [2.45, 2.75) is 6.92 Å². The first kappa shape index (κ1) is 14.0. The van der Waals surface area contributed by atoms with Crippen LogP contribution in [0.2, 0.25) is 0 Å². The molecule has 0 spiro atoms. The second kappa shape index (κ2) is 6.22. The molecule has 1 aromatic heterocycles. The number of anilines is 2. The lowest BCUT2D eigenvalue weighted by Crippen LogP contribution is -1.97. The molecule has 1 N–H and O–H groups in total. The summed E-state index contributed by atoms with van der Waals surface area (Å²) in [5.41, 5.74) is 5.20. The SMILES string of the molecule is C=C(C)c1cccc(Nc2ncc(-c3ccccc3)cn2)c1. The lowest BCUT2D eigenvalue weighted by molar-refractivity contribution is 1.17. The molecular weight excluding hydrogens is 270 g/mol. The highest BCUT2D eigenvalue weighted by Gasteiger charge is 2.02. The van der Waals surface area contributed by atoms with Crippen LogP contribution in [0.5, 0.6) is 0 Å². The van der Waals surface area contributed by atoms with Crippen LogP contribution >= 0.6 is 0 Å². The van der Waals surface area contributed by atoms with E-state index in [2.05, 4.69) is 21.9 Å². The average molecular weight is 287 g/mol. The van der Waals surface area contributed by atoms with Crippen molar-refractivity contribution in [1.29, 1.82) is 0 Å². The molecule has 0 bridgehead atoms. The third-order valence-corrected chi connectivity index (χ3v) is 3.37. The van der Waals surface area contributed by atoms with E-state index >= 15 is 0 Å². The zero-order valence-corrected chi connectivity index (χ0v) is 12.5. The summed E-state index contributed by atoms with van der Waals surface area (Å²) in [6.45, 7) is 5.95. The van der Waals surface area contributed by atoms with E-state index in [1.54, 1.807) is 0 Å². The fraction of sp³-hybridized carbons (Fsp3) is 0.0526. The molecule has 3 heteroatoms. The van der Waals surface area contributed by atoms with Gasteiger partial charge in [0, 0.05) is 23.6 Å². The Kier molecular flexibility index (Phi) is 3.97. The van der Waals surface area contributed by atoms with Crippen molar-refractivity contribution in [3.05, 3.63) is 79.1 Å². The molecule has 0 saturated carbocycles. The molecule has 0 unspecified atom stereocenters. The van der Waals surface area contributed by atoms with Crippen molar-refractivity contribution in [1.82, 2.24) is 9.97 Å². The van der Waals surface area contributed by atoms with Crippen molar-refractivity contribution in [3.63, 3.8) is 0 Å². The van der Waals surface area contributed by atoms with E-state index in [0.717, 1.165) is 28.0 Å². The van der Waals surface area contributed by atoms with Crippen molar-refractivity contribution in [2.75, 3.05) is 5.32 Å². The molecular formula is C19H17N3. The number of allylic oxidation sites excluding steroid dienone is 1. The topological polar surface area (TPSA) is 37.8 Å². The highest BCUT2D eigenvalue weighted by Crippen LogP contribution is 2.21. The van der Waals surface area contributed by atoms with Gasteiger partial charge >= 0.3 is 0 Å². The van der Waals surface area contributed by atoms with Crippen molar-refractivity contribution < 1.29 is 0 Å². The van der Waals surface area contributed by atoms with Gasteiger partial charge in [0.1, 0.15) is 0 Å². The Hall–Kier alpha value is -2.94. The van der Waals surface area contributed by atoms with Gasteiger partial charge in [0.2, 0.25) is 5.95 Å². The molecule has 0 fully saturated rings. The molecule has 0 aliphatic carbocycles. The van der Waals surface area contributed by atoms with Crippen LogP contribution in [0.1, 0.15) is 12.5 Å². The van der Waals surface area contributed by atoms with Crippen LogP contribution in [0.25, 0.3) is 16.7 Å². The third kappa shape index (κ3) is 3.20. The maximum atomic E-state index is 4.38. The predicted octanol–water partition coefficient (Wildman–Crippen LogP) is 4.92. The molecule has 3 rings (SSSR count). The predicted molar refractivity (Wildman–Crippen MR) is 91.9 cm³/mol. The summed E-state index contributed by atoms with van der Waals surface area (Å²) in [6, 6.07) is 18.1. The van der Waals surface area contributed by atoms with Crippen molar-refractivity contribution in [3.8, 4) is 11.1 Å². The zero-order valence-electron chi connectivity index (χ0n) is 12.5.